The number of benzene rings is 1. The molecule has 0 radical (unpaired) electrons. The summed E-state index contributed by atoms with van der Waals surface area (Å²) in [5.41, 5.74) is 7.30. The summed E-state index contributed by atoms with van der Waals surface area (Å²) >= 11 is 0. The van der Waals surface area contributed by atoms with Crippen molar-refractivity contribution in [3.63, 3.8) is 0 Å². The molecule has 1 heterocycles. The molecule has 2 N–H and O–H groups in total. The van der Waals surface area contributed by atoms with Crippen molar-refractivity contribution in [2.45, 2.75) is 31.2 Å². The van der Waals surface area contributed by atoms with Crippen LogP contribution in [0.5, 0.6) is 0 Å². The molecule has 88 valence electrons. The molecule has 0 bridgehead atoms. The molecular formula is C13H16N4. The van der Waals surface area contributed by atoms with Crippen LogP contribution in [0.2, 0.25) is 0 Å². The fourth-order valence-electron chi connectivity index (χ4n) is 2.31. The lowest BCUT2D eigenvalue weighted by Gasteiger charge is -2.37. The molecule has 0 atom stereocenters. The van der Waals surface area contributed by atoms with Gasteiger partial charge in [0.15, 0.2) is 0 Å². The molecule has 0 spiro atoms. The smallest absolute Gasteiger partial charge is 0.139 e. The van der Waals surface area contributed by atoms with Crippen molar-refractivity contribution in [2.75, 3.05) is 0 Å². The highest BCUT2D eigenvalue weighted by Gasteiger charge is 2.34. The quantitative estimate of drug-likeness (QED) is 0.869. The number of rotatable bonds is 3. The molecule has 2 aromatic rings. The number of nitrogens with two attached hydrogens (primary N) is 1. The first-order valence-electron chi connectivity index (χ1n) is 6.00. The molecule has 0 amide bonds. The van der Waals surface area contributed by atoms with Gasteiger partial charge < -0.3 is 5.73 Å². The van der Waals surface area contributed by atoms with E-state index in [-0.39, 0.29) is 5.54 Å². The Bertz CT molecular complexity index is 499. The van der Waals surface area contributed by atoms with Crippen molar-refractivity contribution in [1.82, 2.24) is 14.8 Å². The molecule has 17 heavy (non-hydrogen) atoms. The van der Waals surface area contributed by atoms with E-state index in [4.69, 9.17) is 5.73 Å². The van der Waals surface area contributed by atoms with Crippen LogP contribution in [0.3, 0.4) is 0 Å². The molecule has 0 saturated heterocycles. The Kier molecular flexibility index (Phi) is 2.44. The number of nitrogens with zero attached hydrogens (tertiary/aromatic N) is 3. The third-order valence-corrected chi connectivity index (χ3v) is 3.51. The third kappa shape index (κ3) is 1.96. The summed E-state index contributed by atoms with van der Waals surface area (Å²) in [6.07, 6.45) is 5.98. The van der Waals surface area contributed by atoms with E-state index >= 15 is 0 Å². The van der Waals surface area contributed by atoms with Crippen molar-refractivity contribution in [1.29, 1.82) is 0 Å². The predicted molar refractivity (Wildman–Crippen MR) is 65.8 cm³/mol. The van der Waals surface area contributed by atoms with Gasteiger partial charge in [0.25, 0.3) is 0 Å². The predicted octanol–water partition coefficient (Wildman–Crippen LogP) is 1.69. The zero-order valence-electron chi connectivity index (χ0n) is 9.71. The van der Waals surface area contributed by atoms with Gasteiger partial charge in [-0.1, -0.05) is 18.2 Å². The summed E-state index contributed by atoms with van der Waals surface area (Å²) in [6.45, 7) is 0. The van der Waals surface area contributed by atoms with Crippen LogP contribution in [0.15, 0.2) is 36.7 Å². The van der Waals surface area contributed by atoms with Gasteiger partial charge >= 0.3 is 0 Å². The Morgan fingerprint density at radius 3 is 2.65 bits per heavy atom. The second-order valence-corrected chi connectivity index (χ2v) is 4.85. The van der Waals surface area contributed by atoms with Gasteiger partial charge in [0, 0.05) is 17.6 Å². The van der Waals surface area contributed by atoms with E-state index in [1.807, 2.05) is 22.8 Å². The third-order valence-electron chi connectivity index (χ3n) is 3.51. The summed E-state index contributed by atoms with van der Waals surface area (Å²) in [5.74, 6) is 0.957. The van der Waals surface area contributed by atoms with Gasteiger partial charge in [0.05, 0.1) is 0 Å². The van der Waals surface area contributed by atoms with Crippen LogP contribution in [0.1, 0.15) is 25.1 Å². The topological polar surface area (TPSA) is 56.7 Å². The van der Waals surface area contributed by atoms with Crippen molar-refractivity contribution in [2.24, 2.45) is 5.73 Å². The molecule has 1 aromatic carbocycles. The Hall–Kier alpha value is -1.68. The standard InChI is InChI=1S/C13H16N4/c14-13(7-4-8-13)9-12-16-15-10-17(12)11-5-2-1-3-6-11/h1-3,5-6,10H,4,7-9,14H2. The van der Waals surface area contributed by atoms with Gasteiger partial charge in [-0.25, -0.2) is 0 Å². The zero-order chi connectivity index (χ0) is 11.7. The summed E-state index contributed by atoms with van der Waals surface area (Å²) in [7, 11) is 0. The highest BCUT2D eigenvalue weighted by atomic mass is 15.3. The van der Waals surface area contributed by atoms with Gasteiger partial charge in [-0.05, 0) is 31.4 Å². The fraction of sp³-hybridized carbons (Fsp3) is 0.385. The monoisotopic (exact) mass is 228 g/mol. The highest BCUT2D eigenvalue weighted by molar-refractivity contribution is 5.32. The van der Waals surface area contributed by atoms with Crippen molar-refractivity contribution in [3.8, 4) is 5.69 Å². The average molecular weight is 228 g/mol. The van der Waals surface area contributed by atoms with Gasteiger partial charge in [-0.15, -0.1) is 10.2 Å². The minimum atomic E-state index is -0.0560. The Labute approximate surface area is 100 Å². The van der Waals surface area contributed by atoms with Gasteiger partial charge in [-0.3, -0.25) is 4.57 Å². The molecule has 3 rings (SSSR count). The fourth-order valence-corrected chi connectivity index (χ4v) is 2.31. The van der Waals surface area contributed by atoms with Crippen LogP contribution in [0.25, 0.3) is 5.69 Å². The molecule has 1 fully saturated rings. The van der Waals surface area contributed by atoms with E-state index in [9.17, 15) is 0 Å². The lowest BCUT2D eigenvalue weighted by Crippen LogP contribution is -2.48. The van der Waals surface area contributed by atoms with Crippen LogP contribution in [-0.4, -0.2) is 20.3 Å². The minimum absolute atomic E-state index is 0.0560. The van der Waals surface area contributed by atoms with Gasteiger partial charge in [0.2, 0.25) is 0 Å². The first-order valence-corrected chi connectivity index (χ1v) is 6.00. The van der Waals surface area contributed by atoms with Crippen molar-refractivity contribution >= 4 is 0 Å². The molecule has 1 aromatic heterocycles. The highest BCUT2D eigenvalue weighted by Crippen LogP contribution is 2.32. The first kappa shape index (κ1) is 10.5. The Morgan fingerprint density at radius 1 is 1.24 bits per heavy atom. The zero-order valence-corrected chi connectivity index (χ0v) is 9.71. The number of aromatic nitrogens is 3. The molecular weight excluding hydrogens is 212 g/mol. The Morgan fingerprint density at radius 2 is 2.00 bits per heavy atom. The summed E-state index contributed by atoms with van der Waals surface area (Å²) in [4.78, 5) is 0. The van der Waals surface area contributed by atoms with E-state index in [2.05, 4.69) is 22.3 Å². The molecule has 1 aliphatic carbocycles. The van der Waals surface area contributed by atoms with Gasteiger partial charge in [0.1, 0.15) is 12.2 Å². The lowest BCUT2D eigenvalue weighted by atomic mass is 9.75. The second kappa shape index (κ2) is 3.96. The summed E-state index contributed by atoms with van der Waals surface area (Å²) in [6, 6.07) is 10.1. The molecule has 1 saturated carbocycles. The molecule has 0 aliphatic heterocycles. The molecule has 4 nitrogen and oxygen atoms in total. The average Bonchev–Trinajstić information content (AvgIpc) is 2.76. The van der Waals surface area contributed by atoms with E-state index in [0.29, 0.717) is 0 Å². The molecule has 0 unspecified atom stereocenters. The van der Waals surface area contributed by atoms with Gasteiger partial charge in [-0.2, -0.15) is 0 Å². The van der Waals surface area contributed by atoms with Crippen LogP contribution >= 0.6 is 0 Å². The molecule has 4 heteroatoms. The Balaban J connectivity index is 1.89. The number of hydrogen-bond acceptors (Lipinski definition) is 3. The summed E-state index contributed by atoms with van der Waals surface area (Å²) < 4.78 is 2.02. The molecule has 1 aliphatic rings. The lowest BCUT2D eigenvalue weighted by molar-refractivity contribution is 0.242. The largest absolute Gasteiger partial charge is 0.325 e. The first-order chi connectivity index (χ1) is 8.27. The maximum Gasteiger partial charge on any atom is 0.139 e. The SMILES string of the molecule is NC1(Cc2nncn2-c2ccccc2)CCC1. The van der Waals surface area contributed by atoms with Crippen molar-refractivity contribution < 1.29 is 0 Å². The second-order valence-electron chi connectivity index (χ2n) is 4.85. The van der Waals surface area contributed by atoms with Crippen LogP contribution in [-0.2, 0) is 6.42 Å². The van der Waals surface area contributed by atoms with E-state index in [1.165, 1.54) is 6.42 Å². The van der Waals surface area contributed by atoms with Crippen LogP contribution in [0.4, 0.5) is 0 Å². The number of para-hydroxylation sites is 1. The van der Waals surface area contributed by atoms with Crippen LogP contribution < -0.4 is 5.73 Å². The minimum Gasteiger partial charge on any atom is -0.325 e. The van der Waals surface area contributed by atoms with Crippen LogP contribution in [0, 0.1) is 0 Å². The maximum atomic E-state index is 6.26. The van der Waals surface area contributed by atoms with E-state index in [0.717, 1.165) is 30.8 Å². The van der Waals surface area contributed by atoms with Crippen molar-refractivity contribution in [3.05, 3.63) is 42.5 Å². The van der Waals surface area contributed by atoms with E-state index < -0.39 is 0 Å². The van der Waals surface area contributed by atoms with E-state index in [1.54, 1.807) is 6.33 Å². The maximum absolute atomic E-state index is 6.26. The number of hydrogen-bond donors (Lipinski definition) is 1. The summed E-state index contributed by atoms with van der Waals surface area (Å²) in [5, 5.41) is 8.19. The normalized spacial score (nSPS) is 17.7.